The Bertz CT molecular complexity index is 475. The first-order chi connectivity index (χ1) is 9.46. The van der Waals surface area contributed by atoms with E-state index < -0.39 is 31.9 Å². The molecule has 0 unspecified atom stereocenters. The average Bonchev–Trinajstić information content (AvgIpc) is 2.56. The van der Waals surface area contributed by atoms with E-state index in [1.807, 2.05) is 6.92 Å². The van der Waals surface area contributed by atoms with Gasteiger partial charge in [0.1, 0.15) is 12.0 Å². The van der Waals surface area contributed by atoms with Gasteiger partial charge in [-0.1, -0.05) is 33.8 Å². The molecule has 0 N–H and O–H groups in total. The minimum Gasteiger partial charge on any atom is -0.410 e. The lowest BCUT2D eigenvalue weighted by Gasteiger charge is -2.43. The lowest BCUT2D eigenvalue weighted by molar-refractivity contribution is -0.130. The Morgan fingerprint density at radius 2 is 1.95 bits per heavy atom. The minimum atomic E-state index is -2.09. The van der Waals surface area contributed by atoms with Crippen LogP contribution in [0.15, 0.2) is 12.7 Å². The van der Waals surface area contributed by atoms with Crippen LogP contribution in [-0.4, -0.2) is 33.4 Å². The Morgan fingerprint density at radius 3 is 2.29 bits per heavy atom. The molecule has 118 valence electrons. The number of rotatable bonds is 4. The van der Waals surface area contributed by atoms with Gasteiger partial charge in [-0.05, 0) is 18.1 Å². The molecule has 21 heavy (non-hydrogen) atoms. The van der Waals surface area contributed by atoms with E-state index in [0.717, 1.165) is 0 Å². The summed E-state index contributed by atoms with van der Waals surface area (Å²) in [5.74, 6) is -0.971. The first kappa shape index (κ1) is 18.1. The van der Waals surface area contributed by atoms with Crippen molar-refractivity contribution in [3.8, 4) is 6.07 Å². The molecule has 0 radical (unpaired) electrons. The number of carbonyl (C=O) groups is 1. The molecule has 0 spiro atoms. The van der Waals surface area contributed by atoms with E-state index in [2.05, 4.69) is 46.5 Å². The van der Waals surface area contributed by atoms with Crippen LogP contribution in [0.2, 0.25) is 18.1 Å². The Labute approximate surface area is 129 Å². The lowest BCUT2D eigenvalue weighted by Crippen LogP contribution is -2.50. The highest BCUT2D eigenvalue weighted by atomic mass is 28.4. The molecular weight excluding hydrogens is 282 g/mol. The van der Waals surface area contributed by atoms with Gasteiger partial charge in [0.05, 0.1) is 12.2 Å². The van der Waals surface area contributed by atoms with Crippen molar-refractivity contribution in [3.05, 3.63) is 12.7 Å². The van der Waals surface area contributed by atoms with Crippen LogP contribution in [0.1, 0.15) is 27.7 Å². The Balaban J connectivity index is 3.28. The molecule has 1 rings (SSSR count). The van der Waals surface area contributed by atoms with E-state index in [-0.39, 0.29) is 10.8 Å². The largest absolute Gasteiger partial charge is 0.410 e. The lowest BCUT2D eigenvalue weighted by atomic mass is 9.79. The summed E-state index contributed by atoms with van der Waals surface area (Å²) < 4.78 is 11.8. The normalized spacial score (nSPS) is 33.8. The van der Waals surface area contributed by atoms with Gasteiger partial charge in [0.25, 0.3) is 0 Å². The van der Waals surface area contributed by atoms with E-state index in [0.29, 0.717) is 0 Å². The fourth-order valence-corrected chi connectivity index (χ4v) is 3.84. The summed E-state index contributed by atoms with van der Waals surface area (Å²) in [6.45, 7) is 16.4. The fourth-order valence-electron chi connectivity index (χ4n) is 2.47. The number of Topliss-reactive ketones (excluding diaryl/α,β-unsaturated/α-hetero) is 1. The molecule has 0 aromatic carbocycles. The molecule has 4 atom stereocenters. The van der Waals surface area contributed by atoms with Crippen molar-refractivity contribution in [3.63, 3.8) is 0 Å². The van der Waals surface area contributed by atoms with Gasteiger partial charge in [-0.15, -0.1) is 6.58 Å². The second-order valence-electron chi connectivity index (χ2n) is 7.49. The molecule has 0 aromatic heterocycles. The molecule has 0 aromatic rings. The number of hydrogen-bond acceptors (Lipinski definition) is 4. The van der Waals surface area contributed by atoms with E-state index in [1.54, 1.807) is 6.08 Å². The molecule has 0 aliphatic heterocycles. The number of nitriles is 1. The molecule has 0 saturated heterocycles. The number of carbonyl (C=O) groups excluding carboxylic acids is 1. The van der Waals surface area contributed by atoms with E-state index in [4.69, 9.17) is 9.16 Å². The highest BCUT2D eigenvalue weighted by Crippen LogP contribution is 2.48. The van der Waals surface area contributed by atoms with Gasteiger partial charge in [0.15, 0.2) is 14.1 Å². The van der Waals surface area contributed by atoms with E-state index >= 15 is 0 Å². The molecular formula is C16H27NO3Si. The number of hydrogen-bond donors (Lipinski definition) is 0. The smallest absolute Gasteiger partial charge is 0.192 e. The molecule has 0 bridgehead atoms. The predicted molar refractivity (Wildman–Crippen MR) is 85.3 cm³/mol. The molecule has 1 fully saturated rings. The first-order valence-electron chi connectivity index (χ1n) is 7.24. The maximum atomic E-state index is 12.4. The van der Waals surface area contributed by atoms with Gasteiger partial charge in [0.2, 0.25) is 0 Å². The SMILES string of the molecule is C=C[C@@]1(C)[C@H](O[Si](C)(C)C(C)(C)C)[C@@H](OC)C(=O)[C@@H]1C#N. The number of ether oxygens (including phenoxy) is 1. The quantitative estimate of drug-likeness (QED) is 0.590. The summed E-state index contributed by atoms with van der Waals surface area (Å²) in [6.07, 6.45) is 0.514. The third kappa shape index (κ3) is 2.85. The molecule has 0 heterocycles. The molecule has 1 aliphatic carbocycles. The highest BCUT2D eigenvalue weighted by Gasteiger charge is 2.59. The Morgan fingerprint density at radius 1 is 1.43 bits per heavy atom. The molecule has 1 aliphatic rings. The van der Waals surface area contributed by atoms with Crippen LogP contribution in [0.4, 0.5) is 0 Å². The van der Waals surface area contributed by atoms with Crippen molar-refractivity contribution in [2.75, 3.05) is 7.11 Å². The van der Waals surface area contributed by atoms with Crippen LogP contribution in [0, 0.1) is 22.7 Å². The summed E-state index contributed by atoms with van der Waals surface area (Å²) >= 11 is 0. The maximum absolute atomic E-state index is 12.4. The molecule has 4 nitrogen and oxygen atoms in total. The van der Waals surface area contributed by atoms with Crippen molar-refractivity contribution < 1.29 is 14.0 Å². The van der Waals surface area contributed by atoms with Crippen LogP contribution in [0.5, 0.6) is 0 Å². The topological polar surface area (TPSA) is 59.3 Å². The van der Waals surface area contributed by atoms with Gasteiger partial charge in [-0.2, -0.15) is 5.26 Å². The summed E-state index contributed by atoms with van der Waals surface area (Å²) in [7, 11) is -0.601. The van der Waals surface area contributed by atoms with Crippen LogP contribution in [0.3, 0.4) is 0 Å². The van der Waals surface area contributed by atoms with Crippen molar-refractivity contribution in [1.29, 1.82) is 5.26 Å². The maximum Gasteiger partial charge on any atom is 0.192 e. The standard InChI is InChI=1S/C16H27NO3Si/c1-9-16(5)11(10-17)12(18)13(19-6)14(16)20-21(7,8)15(2,3)4/h9,11,13-14H,1H2,2-8H3/t11-,13-,14+,16+/m0/s1. The summed E-state index contributed by atoms with van der Waals surface area (Å²) in [6, 6.07) is 2.11. The number of ketones is 1. The molecule has 1 saturated carbocycles. The Kier molecular flexibility index (Phi) is 4.89. The van der Waals surface area contributed by atoms with Gasteiger partial charge in [-0.3, -0.25) is 4.79 Å². The van der Waals surface area contributed by atoms with Crippen molar-refractivity contribution >= 4 is 14.1 Å². The van der Waals surface area contributed by atoms with Crippen LogP contribution in [-0.2, 0) is 14.0 Å². The Hall–Kier alpha value is -0.963. The van der Waals surface area contributed by atoms with Crippen molar-refractivity contribution in [1.82, 2.24) is 0 Å². The van der Waals surface area contributed by atoms with Crippen LogP contribution < -0.4 is 0 Å². The monoisotopic (exact) mass is 309 g/mol. The fraction of sp³-hybridized carbons (Fsp3) is 0.750. The number of nitrogens with zero attached hydrogens (tertiary/aromatic N) is 1. The molecule has 5 heteroatoms. The van der Waals surface area contributed by atoms with Gasteiger partial charge in [0, 0.05) is 12.5 Å². The van der Waals surface area contributed by atoms with Gasteiger partial charge in [-0.25, -0.2) is 0 Å². The van der Waals surface area contributed by atoms with Gasteiger partial charge >= 0.3 is 0 Å². The van der Waals surface area contributed by atoms with Crippen molar-refractivity contribution in [2.24, 2.45) is 11.3 Å². The number of methoxy groups -OCH3 is 1. The third-order valence-corrected chi connectivity index (χ3v) is 9.58. The molecule has 0 amide bonds. The zero-order valence-corrected chi connectivity index (χ0v) is 15.2. The van der Waals surface area contributed by atoms with E-state index in [9.17, 15) is 10.1 Å². The van der Waals surface area contributed by atoms with E-state index in [1.165, 1.54) is 7.11 Å². The zero-order chi connectivity index (χ0) is 16.6. The van der Waals surface area contributed by atoms with Crippen LogP contribution >= 0.6 is 0 Å². The second-order valence-corrected chi connectivity index (χ2v) is 12.2. The van der Waals surface area contributed by atoms with Crippen molar-refractivity contribution in [2.45, 2.75) is 58.0 Å². The van der Waals surface area contributed by atoms with Gasteiger partial charge < -0.3 is 9.16 Å². The summed E-state index contributed by atoms with van der Waals surface area (Å²) in [5.41, 5.74) is -0.720. The van der Waals surface area contributed by atoms with Crippen LogP contribution in [0.25, 0.3) is 0 Å². The zero-order valence-electron chi connectivity index (χ0n) is 14.2. The summed E-state index contributed by atoms with van der Waals surface area (Å²) in [5, 5.41) is 9.39. The highest BCUT2D eigenvalue weighted by molar-refractivity contribution is 6.74. The minimum absolute atomic E-state index is 0.0150. The average molecular weight is 309 g/mol. The third-order valence-electron chi connectivity index (χ3n) is 5.13. The predicted octanol–water partition coefficient (Wildman–Crippen LogP) is 3.31. The first-order valence-corrected chi connectivity index (χ1v) is 10.1. The summed E-state index contributed by atoms with van der Waals surface area (Å²) in [4.78, 5) is 12.4. The second kappa shape index (κ2) is 5.67.